The van der Waals surface area contributed by atoms with Crippen LogP contribution in [0.3, 0.4) is 0 Å². The van der Waals surface area contributed by atoms with Crippen LogP contribution >= 0.6 is 0 Å². The average molecular weight is 298 g/mol. The van der Waals surface area contributed by atoms with Gasteiger partial charge in [-0.1, -0.05) is 18.2 Å². The molecule has 1 aliphatic carbocycles. The van der Waals surface area contributed by atoms with Gasteiger partial charge in [0.2, 0.25) is 15.9 Å². The fraction of sp³-hybridized carbons (Fsp3) is 0.462. The minimum atomic E-state index is -3.65. The summed E-state index contributed by atoms with van der Waals surface area (Å²) in [6, 6.07) is 7.90. The standard InChI is InChI=1S/C13H18N2O4S/c16-11-6-10(7-11)8-14-13(17)9-15-20(18,19)12-4-2-1-3-5-12/h1-5,10-11,15-16H,6-9H2,(H,14,17). The summed E-state index contributed by atoms with van der Waals surface area (Å²) in [5, 5.41) is 11.8. The molecular weight excluding hydrogens is 280 g/mol. The van der Waals surface area contributed by atoms with Crippen molar-refractivity contribution in [3.63, 3.8) is 0 Å². The fourth-order valence-electron chi connectivity index (χ4n) is 2.03. The molecule has 0 aromatic heterocycles. The molecule has 1 aliphatic rings. The molecule has 20 heavy (non-hydrogen) atoms. The summed E-state index contributed by atoms with van der Waals surface area (Å²) in [5.74, 6) is -0.0782. The molecule has 0 bridgehead atoms. The molecule has 1 fully saturated rings. The Kier molecular flexibility index (Phi) is 4.74. The van der Waals surface area contributed by atoms with Gasteiger partial charge in [0.1, 0.15) is 0 Å². The maximum atomic E-state index is 11.9. The van der Waals surface area contributed by atoms with Crippen LogP contribution in [0, 0.1) is 5.92 Å². The third-order valence-corrected chi connectivity index (χ3v) is 4.69. The Morgan fingerprint density at radius 2 is 1.90 bits per heavy atom. The van der Waals surface area contributed by atoms with Gasteiger partial charge in [-0.05, 0) is 30.9 Å². The van der Waals surface area contributed by atoms with Crippen molar-refractivity contribution in [1.29, 1.82) is 0 Å². The van der Waals surface area contributed by atoms with Crippen LogP contribution in [0.4, 0.5) is 0 Å². The molecule has 0 atom stereocenters. The highest BCUT2D eigenvalue weighted by atomic mass is 32.2. The van der Waals surface area contributed by atoms with Gasteiger partial charge in [-0.3, -0.25) is 4.79 Å². The summed E-state index contributed by atoms with van der Waals surface area (Å²) in [7, 11) is -3.65. The largest absolute Gasteiger partial charge is 0.393 e. The van der Waals surface area contributed by atoms with Crippen LogP contribution in [0.25, 0.3) is 0 Å². The van der Waals surface area contributed by atoms with Crippen molar-refractivity contribution in [2.45, 2.75) is 23.8 Å². The van der Waals surface area contributed by atoms with Crippen LogP contribution in [0.1, 0.15) is 12.8 Å². The third-order valence-electron chi connectivity index (χ3n) is 3.27. The van der Waals surface area contributed by atoms with Crippen LogP contribution in [0.15, 0.2) is 35.2 Å². The highest BCUT2D eigenvalue weighted by Crippen LogP contribution is 2.25. The maximum absolute atomic E-state index is 11.9. The van der Waals surface area contributed by atoms with Gasteiger partial charge in [0.15, 0.2) is 0 Å². The summed E-state index contributed by atoms with van der Waals surface area (Å²) in [6.45, 7) is 0.190. The Balaban J connectivity index is 1.75. The van der Waals surface area contributed by atoms with Crippen molar-refractivity contribution in [3.05, 3.63) is 30.3 Å². The predicted octanol–water partition coefficient (Wildman–Crippen LogP) is -0.148. The highest BCUT2D eigenvalue weighted by Gasteiger charge is 2.27. The normalized spacial score (nSPS) is 22.1. The summed E-state index contributed by atoms with van der Waals surface area (Å²) < 4.78 is 26.0. The number of carbonyl (C=O) groups excluding carboxylic acids is 1. The quantitative estimate of drug-likeness (QED) is 0.681. The van der Waals surface area contributed by atoms with E-state index in [9.17, 15) is 13.2 Å². The molecule has 0 heterocycles. The molecule has 2 rings (SSSR count). The number of hydrogen-bond donors (Lipinski definition) is 3. The van der Waals surface area contributed by atoms with E-state index in [4.69, 9.17) is 5.11 Å². The number of sulfonamides is 1. The lowest BCUT2D eigenvalue weighted by Gasteiger charge is -2.31. The van der Waals surface area contributed by atoms with Crippen molar-refractivity contribution >= 4 is 15.9 Å². The van der Waals surface area contributed by atoms with E-state index in [-0.39, 0.29) is 23.5 Å². The smallest absolute Gasteiger partial charge is 0.241 e. The summed E-state index contributed by atoms with van der Waals surface area (Å²) in [6.07, 6.45) is 1.12. The Morgan fingerprint density at radius 3 is 2.50 bits per heavy atom. The van der Waals surface area contributed by atoms with Crippen LogP contribution in [-0.2, 0) is 14.8 Å². The van der Waals surface area contributed by atoms with E-state index in [1.165, 1.54) is 12.1 Å². The minimum absolute atomic E-state index is 0.134. The van der Waals surface area contributed by atoms with E-state index in [0.29, 0.717) is 25.3 Å². The first-order valence-electron chi connectivity index (χ1n) is 6.47. The Morgan fingerprint density at radius 1 is 1.25 bits per heavy atom. The molecule has 1 aromatic carbocycles. The number of rotatable bonds is 6. The van der Waals surface area contributed by atoms with Gasteiger partial charge in [-0.2, -0.15) is 0 Å². The van der Waals surface area contributed by atoms with E-state index in [2.05, 4.69) is 10.0 Å². The van der Waals surface area contributed by atoms with E-state index >= 15 is 0 Å². The number of aliphatic hydroxyl groups excluding tert-OH is 1. The van der Waals surface area contributed by atoms with Crippen LogP contribution in [-0.4, -0.2) is 38.6 Å². The van der Waals surface area contributed by atoms with Gasteiger partial charge in [0.05, 0.1) is 17.5 Å². The number of nitrogens with one attached hydrogen (secondary N) is 2. The number of carbonyl (C=O) groups is 1. The minimum Gasteiger partial charge on any atom is -0.393 e. The van der Waals surface area contributed by atoms with E-state index < -0.39 is 10.0 Å². The first-order chi connectivity index (χ1) is 9.47. The van der Waals surface area contributed by atoms with Crippen molar-refractivity contribution < 1.29 is 18.3 Å². The molecule has 6 nitrogen and oxygen atoms in total. The van der Waals surface area contributed by atoms with Gasteiger partial charge < -0.3 is 10.4 Å². The molecular formula is C13H18N2O4S. The van der Waals surface area contributed by atoms with Crippen LogP contribution in [0.2, 0.25) is 0 Å². The second-order valence-electron chi connectivity index (χ2n) is 4.93. The molecule has 1 saturated carbocycles. The summed E-state index contributed by atoms with van der Waals surface area (Å²) in [4.78, 5) is 11.7. The molecule has 3 N–H and O–H groups in total. The molecule has 1 amide bonds. The molecule has 1 aromatic rings. The SMILES string of the molecule is O=C(CNS(=O)(=O)c1ccccc1)NCC1CC(O)C1. The van der Waals surface area contributed by atoms with Crippen LogP contribution < -0.4 is 10.0 Å². The van der Waals surface area contributed by atoms with Crippen molar-refractivity contribution in [2.75, 3.05) is 13.1 Å². The van der Waals surface area contributed by atoms with Gasteiger partial charge in [-0.15, -0.1) is 0 Å². The van der Waals surface area contributed by atoms with Gasteiger partial charge >= 0.3 is 0 Å². The Hall–Kier alpha value is -1.44. The lowest BCUT2D eigenvalue weighted by Crippen LogP contribution is -2.42. The Bertz CT molecular complexity index is 553. The zero-order valence-corrected chi connectivity index (χ0v) is 11.8. The molecule has 110 valence electrons. The van der Waals surface area contributed by atoms with Gasteiger partial charge in [-0.25, -0.2) is 13.1 Å². The van der Waals surface area contributed by atoms with Gasteiger partial charge in [0.25, 0.3) is 0 Å². The number of amides is 1. The average Bonchev–Trinajstić information content (AvgIpc) is 2.41. The van der Waals surface area contributed by atoms with Crippen molar-refractivity contribution in [2.24, 2.45) is 5.92 Å². The van der Waals surface area contributed by atoms with Crippen molar-refractivity contribution in [1.82, 2.24) is 10.0 Å². The zero-order valence-electron chi connectivity index (χ0n) is 11.0. The monoisotopic (exact) mass is 298 g/mol. The van der Waals surface area contributed by atoms with Crippen molar-refractivity contribution in [3.8, 4) is 0 Å². The van der Waals surface area contributed by atoms with E-state index in [1.807, 2.05) is 0 Å². The molecule has 0 saturated heterocycles. The lowest BCUT2D eigenvalue weighted by atomic mass is 9.82. The highest BCUT2D eigenvalue weighted by molar-refractivity contribution is 7.89. The fourth-order valence-corrected chi connectivity index (χ4v) is 3.03. The third kappa shape index (κ3) is 4.03. The second-order valence-corrected chi connectivity index (χ2v) is 6.70. The first-order valence-corrected chi connectivity index (χ1v) is 7.95. The number of hydrogen-bond acceptors (Lipinski definition) is 4. The molecule has 0 aliphatic heterocycles. The summed E-state index contributed by atoms with van der Waals surface area (Å²) in [5.41, 5.74) is 0. The number of aliphatic hydroxyl groups is 1. The molecule has 0 unspecified atom stereocenters. The number of benzene rings is 1. The molecule has 0 radical (unpaired) electrons. The van der Waals surface area contributed by atoms with E-state index in [0.717, 1.165) is 0 Å². The van der Waals surface area contributed by atoms with Gasteiger partial charge in [0, 0.05) is 6.54 Å². The first kappa shape index (κ1) is 15.0. The maximum Gasteiger partial charge on any atom is 0.241 e. The van der Waals surface area contributed by atoms with Crippen LogP contribution in [0.5, 0.6) is 0 Å². The predicted molar refractivity (Wildman–Crippen MR) is 73.4 cm³/mol. The zero-order chi connectivity index (χ0) is 14.6. The Labute approximate surface area is 118 Å². The lowest BCUT2D eigenvalue weighted by molar-refractivity contribution is -0.120. The molecule has 0 spiro atoms. The summed E-state index contributed by atoms with van der Waals surface area (Å²) >= 11 is 0. The topological polar surface area (TPSA) is 95.5 Å². The second kappa shape index (κ2) is 6.34. The van der Waals surface area contributed by atoms with E-state index in [1.54, 1.807) is 18.2 Å². The molecule has 7 heteroatoms.